The van der Waals surface area contributed by atoms with Gasteiger partial charge in [0.15, 0.2) is 5.82 Å². The van der Waals surface area contributed by atoms with E-state index in [2.05, 4.69) is 31.3 Å². The Bertz CT molecular complexity index is 581. The van der Waals surface area contributed by atoms with Crippen LogP contribution in [0.1, 0.15) is 16.2 Å². The molecule has 0 fully saturated rings. The largest absolute Gasteiger partial charge is 0.398 e. The van der Waals surface area contributed by atoms with Crippen LogP contribution in [0.5, 0.6) is 0 Å². The van der Waals surface area contributed by atoms with E-state index in [4.69, 9.17) is 5.73 Å². The van der Waals surface area contributed by atoms with Crippen LogP contribution in [0.4, 0.5) is 5.69 Å². The molecular formula is C11H12BrN5O. The average molecular weight is 310 g/mol. The van der Waals surface area contributed by atoms with E-state index in [1.165, 1.54) is 0 Å². The number of amides is 1. The zero-order valence-electron chi connectivity index (χ0n) is 9.72. The molecule has 0 spiro atoms. The monoisotopic (exact) mass is 309 g/mol. The number of hydrogen-bond acceptors (Lipinski definition) is 4. The fourth-order valence-corrected chi connectivity index (χ4v) is 1.77. The van der Waals surface area contributed by atoms with Gasteiger partial charge >= 0.3 is 0 Å². The van der Waals surface area contributed by atoms with Gasteiger partial charge in [0.1, 0.15) is 6.33 Å². The predicted molar refractivity (Wildman–Crippen MR) is 70.7 cm³/mol. The Hall–Kier alpha value is -1.89. The summed E-state index contributed by atoms with van der Waals surface area (Å²) in [6.45, 7) is 0.293. The second kappa shape index (κ2) is 5.18. The smallest absolute Gasteiger partial charge is 0.251 e. The number of nitrogens with two attached hydrogens (primary N) is 1. The van der Waals surface area contributed by atoms with Crippen LogP contribution in [-0.2, 0) is 13.6 Å². The normalized spacial score (nSPS) is 10.3. The van der Waals surface area contributed by atoms with Gasteiger partial charge in [0, 0.05) is 22.8 Å². The van der Waals surface area contributed by atoms with Gasteiger partial charge in [0.2, 0.25) is 0 Å². The van der Waals surface area contributed by atoms with E-state index in [9.17, 15) is 4.79 Å². The molecule has 2 rings (SSSR count). The number of halogens is 1. The Kier molecular flexibility index (Phi) is 3.61. The van der Waals surface area contributed by atoms with Gasteiger partial charge in [-0.05, 0) is 34.1 Å². The molecule has 94 valence electrons. The summed E-state index contributed by atoms with van der Waals surface area (Å²) in [5, 5.41) is 6.81. The first-order chi connectivity index (χ1) is 8.56. The van der Waals surface area contributed by atoms with Crippen molar-refractivity contribution in [2.24, 2.45) is 7.05 Å². The van der Waals surface area contributed by atoms with Crippen LogP contribution in [-0.4, -0.2) is 20.7 Å². The maximum Gasteiger partial charge on any atom is 0.251 e. The summed E-state index contributed by atoms with van der Waals surface area (Å²) in [4.78, 5) is 15.9. The highest BCUT2D eigenvalue weighted by Crippen LogP contribution is 2.20. The van der Waals surface area contributed by atoms with Crippen molar-refractivity contribution in [3.8, 4) is 0 Å². The molecule has 0 atom stereocenters. The quantitative estimate of drug-likeness (QED) is 0.831. The lowest BCUT2D eigenvalue weighted by Gasteiger charge is -2.04. The van der Waals surface area contributed by atoms with Gasteiger partial charge in [0.05, 0.1) is 6.54 Å². The van der Waals surface area contributed by atoms with Crippen molar-refractivity contribution in [2.75, 3.05) is 5.73 Å². The lowest BCUT2D eigenvalue weighted by Crippen LogP contribution is -2.23. The first-order valence-electron chi connectivity index (χ1n) is 5.24. The van der Waals surface area contributed by atoms with E-state index in [0.717, 1.165) is 0 Å². The predicted octanol–water partition coefficient (Wildman–Crippen LogP) is 1.09. The van der Waals surface area contributed by atoms with Crippen LogP contribution < -0.4 is 11.1 Å². The van der Waals surface area contributed by atoms with Crippen molar-refractivity contribution in [2.45, 2.75) is 6.54 Å². The number of aryl methyl sites for hydroxylation is 1. The summed E-state index contributed by atoms with van der Waals surface area (Å²) in [6, 6.07) is 5.02. The number of carbonyl (C=O) groups excluding carboxylic acids is 1. The first-order valence-corrected chi connectivity index (χ1v) is 6.03. The van der Waals surface area contributed by atoms with Gasteiger partial charge in [-0.2, -0.15) is 5.10 Å². The third kappa shape index (κ3) is 2.86. The highest BCUT2D eigenvalue weighted by Gasteiger charge is 2.08. The van der Waals surface area contributed by atoms with Crippen LogP contribution in [0.25, 0.3) is 0 Å². The fraction of sp³-hybridized carbons (Fsp3) is 0.182. The van der Waals surface area contributed by atoms with Crippen LogP contribution in [0.2, 0.25) is 0 Å². The summed E-state index contributed by atoms with van der Waals surface area (Å²) < 4.78 is 2.28. The van der Waals surface area contributed by atoms with Crippen molar-refractivity contribution >= 4 is 27.5 Å². The van der Waals surface area contributed by atoms with Crippen molar-refractivity contribution < 1.29 is 4.79 Å². The average Bonchev–Trinajstić information content (AvgIpc) is 2.75. The van der Waals surface area contributed by atoms with E-state index in [1.807, 2.05) is 0 Å². The number of anilines is 1. The summed E-state index contributed by atoms with van der Waals surface area (Å²) in [5.41, 5.74) is 6.78. The molecule has 1 amide bonds. The number of nitrogen functional groups attached to an aromatic ring is 1. The molecule has 0 aliphatic rings. The molecule has 0 unspecified atom stereocenters. The molecular weight excluding hydrogens is 298 g/mol. The minimum absolute atomic E-state index is 0.192. The molecule has 7 heteroatoms. The summed E-state index contributed by atoms with van der Waals surface area (Å²) >= 11 is 3.28. The molecule has 0 aliphatic carbocycles. The van der Waals surface area contributed by atoms with Crippen molar-refractivity contribution in [3.63, 3.8) is 0 Å². The van der Waals surface area contributed by atoms with Crippen LogP contribution in [0.15, 0.2) is 29.0 Å². The van der Waals surface area contributed by atoms with E-state index >= 15 is 0 Å². The molecule has 1 aromatic carbocycles. The van der Waals surface area contributed by atoms with Crippen LogP contribution in [0.3, 0.4) is 0 Å². The van der Waals surface area contributed by atoms with E-state index in [0.29, 0.717) is 28.1 Å². The number of carbonyl (C=O) groups is 1. The molecule has 1 aromatic heterocycles. The van der Waals surface area contributed by atoms with E-state index in [-0.39, 0.29) is 5.91 Å². The Morgan fingerprint density at radius 2 is 2.33 bits per heavy atom. The third-order valence-corrected chi connectivity index (χ3v) is 3.00. The molecule has 2 aromatic rings. The fourth-order valence-electron chi connectivity index (χ4n) is 1.39. The SMILES string of the molecule is Cn1cnc(CNC(=O)c2ccc(N)c(Br)c2)n1. The Balaban J connectivity index is 2.01. The van der Waals surface area contributed by atoms with Gasteiger partial charge in [0.25, 0.3) is 5.91 Å². The molecule has 1 heterocycles. The van der Waals surface area contributed by atoms with Gasteiger partial charge in [-0.15, -0.1) is 0 Å². The molecule has 0 aliphatic heterocycles. The third-order valence-electron chi connectivity index (χ3n) is 2.32. The Morgan fingerprint density at radius 3 is 2.94 bits per heavy atom. The highest BCUT2D eigenvalue weighted by molar-refractivity contribution is 9.10. The van der Waals surface area contributed by atoms with Crippen molar-refractivity contribution in [1.29, 1.82) is 0 Å². The van der Waals surface area contributed by atoms with Crippen molar-refractivity contribution in [1.82, 2.24) is 20.1 Å². The minimum atomic E-state index is -0.192. The zero-order valence-corrected chi connectivity index (χ0v) is 11.3. The number of nitrogens with zero attached hydrogens (tertiary/aromatic N) is 3. The maximum absolute atomic E-state index is 11.9. The van der Waals surface area contributed by atoms with Crippen LogP contribution >= 0.6 is 15.9 Å². The first kappa shape index (κ1) is 12.6. The number of hydrogen-bond donors (Lipinski definition) is 2. The zero-order chi connectivity index (χ0) is 13.1. The molecule has 0 radical (unpaired) electrons. The maximum atomic E-state index is 11.9. The van der Waals surface area contributed by atoms with E-state index in [1.54, 1.807) is 36.3 Å². The second-order valence-electron chi connectivity index (χ2n) is 3.75. The number of aromatic nitrogens is 3. The molecule has 0 saturated heterocycles. The standard InChI is InChI=1S/C11H12BrN5O/c1-17-6-15-10(16-17)5-14-11(18)7-2-3-9(13)8(12)4-7/h2-4,6H,5,13H2,1H3,(H,14,18). The van der Waals surface area contributed by atoms with E-state index < -0.39 is 0 Å². The highest BCUT2D eigenvalue weighted by atomic mass is 79.9. The van der Waals surface area contributed by atoms with Gasteiger partial charge in [-0.1, -0.05) is 0 Å². The minimum Gasteiger partial charge on any atom is -0.398 e. The number of benzene rings is 1. The molecule has 6 nitrogen and oxygen atoms in total. The Labute approximate surface area is 112 Å². The molecule has 0 saturated carbocycles. The lowest BCUT2D eigenvalue weighted by atomic mass is 10.2. The molecule has 18 heavy (non-hydrogen) atoms. The van der Waals surface area contributed by atoms with Gasteiger partial charge in [-0.3, -0.25) is 9.48 Å². The Morgan fingerprint density at radius 1 is 1.56 bits per heavy atom. The topological polar surface area (TPSA) is 85.8 Å². The summed E-state index contributed by atoms with van der Waals surface area (Å²) in [7, 11) is 1.77. The molecule has 0 bridgehead atoms. The number of rotatable bonds is 3. The van der Waals surface area contributed by atoms with Crippen LogP contribution in [0, 0.1) is 0 Å². The van der Waals surface area contributed by atoms with Gasteiger partial charge in [-0.25, -0.2) is 4.98 Å². The lowest BCUT2D eigenvalue weighted by molar-refractivity contribution is 0.0950. The summed E-state index contributed by atoms with van der Waals surface area (Å²) in [6.07, 6.45) is 1.58. The van der Waals surface area contributed by atoms with Crippen molar-refractivity contribution in [3.05, 3.63) is 40.4 Å². The summed E-state index contributed by atoms with van der Waals surface area (Å²) in [5.74, 6) is 0.378. The number of nitrogens with one attached hydrogen (secondary N) is 1. The van der Waals surface area contributed by atoms with Gasteiger partial charge < -0.3 is 11.1 Å². The molecule has 3 N–H and O–H groups in total. The second-order valence-corrected chi connectivity index (χ2v) is 4.61.